The van der Waals surface area contributed by atoms with Crippen LogP contribution in [0.15, 0.2) is 64.0 Å². The molecule has 1 aromatic carbocycles. The van der Waals surface area contributed by atoms with E-state index in [-0.39, 0.29) is 85.7 Å². The van der Waals surface area contributed by atoms with E-state index in [9.17, 15) is 53.7 Å². The van der Waals surface area contributed by atoms with Crippen molar-refractivity contribution < 1.29 is 58.4 Å². The van der Waals surface area contributed by atoms with Gasteiger partial charge in [0.15, 0.2) is 5.78 Å². The molecule has 1 saturated heterocycles. The molecule has 31 heteroatoms. The van der Waals surface area contributed by atoms with E-state index in [1.807, 2.05) is 13.8 Å². The first kappa shape index (κ1) is 62.9. The Bertz CT molecular complexity index is 3940. The number of piperidine rings is 1. The maximum absolute atomic E-state index is 14.4. The van der Waals surface area contributed by atoms with Crippen molar-refractivity contribution in [3.05, 3.63) is 111 Å². The van der Waals surface area contributed by atoms with Gasteiger partial charge < -0.3 is 46.2 Å². The van der Waals surface area contributed by atoms with E-state index in [2.05, 4.69) is 21.3 Å². The van der Waals surface area contributed by atoms with Crippen LogP contribution in [-0.2, 0) is 30.5 Å². The van der Waals surface area contributed by atoms with Gasteiger partial charge in [-0.3, -0.25) is 38.5 Å². The number of fused-ring (bicyclic) bond motifs is 14. The average Bonchev–Trinajstić information content (AvgIpc) is 2.82. The summed E-state index contributed by atoms with van der Waals surface area (Å²) in [6.07, 6.45) is -1.19. The lowest BCUT2D eigenvalue weighted by atomic mass is 9.90. The number of pyridine rings is 1. The van der Waals surface area contributed by atoms with Crippen LogP contribution in [0.3, 0.4) is 0 Å². The van der Waals surface area contributed by atoms with Gasteiger partial charge in [0.05, 0.1) is 47.1 Å². The lowest BCUT2D eigenvalue weighted by Gasteiger charge is -2.33. The third-order valence-corrected chi connectivity index (χ3v) is 20.3. The van der Waals surface area contributed by atoms with Crippen molar-refractivity contribution in [3.63, 3.8) is 0 Å². The van der Waals surface area contributed by atoms with Gasteiger partial charge in [-0.15, -0.1) is 68.0 Å². The smallest absolute Gasteiger partial charge is 0.326 e. The Morgan fingerprint density at radius 1 is 0.750 bits per heavy atom. The molecule has 458 valence electrons. The summed E-state index contributed by atoms with van der Waals surface area (Å²) < 4.78 is 5.47. The molecule has 7 N–H and O–H groups in total. The zero-order valence-corrected chi connectivity index (χ0v) is 52.6. The number of likely N-dealkylation sites (tertiary alicyclic amines) is 1. The minimum Gasteiger partial charge on any atom is -0.481 e. The number of urea groups is 1. The number of aliphatic hydroxyl groups is 1. The van der Waals surface area contributed by atoms with Gasteiger partial charge in [-0.1, -0.05) is 44.2 Å². The summed E-state index contributed by atoms with van der Waals surface area (Å²) >= 11 is 6.98. The lowest BCUT2D eigenvalue weighted by Crippen LogP contribution is -2.49. The number of ether oxygens (including phenoxy) is 1. The number of methoxy groups -OCH3 is 1. The van der Waals surface area contributed by atoms with Crippen molar-refractivity contribution in [2.24, 2.45) is 11.8 Å². The van der Waals surface area contributed by atoms with Crippen LogP contribution in [0.4, 0.5) is 10.6 Å². The molecule has 8 aromatic rings. The van der Waals surface area contributed by atoms with Gasteiger partial charge in [0.2, 0.25) is 11.8 Å². The number of nitrogens with one attached hydrogen (secondary N) is 4. The number of aromatic nitrogens is 7. The average molecular weight is 1310 g/mol. The zero-order valence-electron chi connectivity index (χ0n) is 47.7. The Kier molecular flexibility index (Phi) is 19.6. The predicted molar refractivity (Wildman–Crippen MR) is 331 cm³/mol. The summed E-state index contributed by atoms with van der Waals surface area (Å²) in [5, 5.41) is 51.2. The van der Waals surface area contributed by atoms with E-state index in [0.29, 0.717) is 68.0 Å². The number of hydrogen-bond donors (Lipinski definition) is 7. The minimum absolute atomic E-state index is 0.0113. The van der Waals surface area contributed by atoms with Crippen molar-refractivity contribution in [2.75, 3.05) is 45.2 Å². The number of Topliss-reactive ketones (excluding diaryl/α,β-unsaturated/α-hetero) is 1. The molecule has 1 unspecified atom stereocenters. The van der Waals surface area contributed by atoms with Crippen molar-refractivity contribution in [1.82, 2.24) is 61.1 Å². The second-order valence-corrected chi connectivity index (χ2v) is 26.6. The first-order chi connectivity index (χ1) is 42.3. The maximum Gasteiger partial charge on any atom is 0.326 e. The first-order valence-corrected chi connectivity index (χ1v) is 32.6. The number of amides is 6. The summed E-state index contributed by atoms with van der Waals surface area (Å²) in [6, 6.07) is 9.31. The molecule has 10 rings (SSSR count). The molecule has 7 aromatic heterocycles. The van der Waals surface area contributed by atoms with Crippen molar-refractivity contribution >= 4 is 121 Å². The van der Waals surface area contributed by atoms with Gasteiger partial charge in [0, 0.05) is 71.5 Å². The molecule has 1 fully saturated rings. The molecule has 10 bridgehead atoms. The number of aliphatic hydroxyl groups excluding tert-OH is 1. The van der Waals surface area contributed by atoms with Gasteiger partial charge in [-0.05, 0) is 43.4 Å². The molecule has 2 aliphatic heterocycles. The third kappa shape index (κ3) is 14.0. The Labute approximate surface area is 526 Å². The number of aryl methyl sites for hydroxylation is 1. The summed E-state index contributed by atoms with van der Waals surface area (Å²) in [6.45, 7) is 4.57. The number of nitrogens with zero attached hydrogens (tertiary/aromatic N) is 9. The number of carboxylic acids is 2. The van der Waals surface area contributed by atoms with Gasteiger partial charge >= 0.3 is 18.0 Å². The summed E-state index contributed by atoms with van der Waals surface area (Å²) in [5.74, 6) is -6.21. The Morgan fingerprint density at radius 2 is 1.44 bits per heavy atom. The quantitative estimate of drug-likeness (QED) is 0.0609. The number of aliphatic carboxylic acids is 2. The van der Waals surface area contributed by atoms with E-state index in [1.165, 1.54) is 47.1 Å². The highest BCUT2D eigenvalue weighted by atomic mass is 32.1. The standard InChI is InChI=1S/C57H57N13O12S6/c1-26(2)31-17-37(71)43-27(3)87-54(67-43)33(18-40(72)58-4)61-48(77)35-23-83-50(63-35)30-11-12-32(52-65-39(25-86-52)70(20-42(74)75)57(81)69-15-13-29(14-16-69)56(79)80)60-44(30)34-22-84-53(62-34)36-24-85-55(64-36)46(47(76)28-9-7-6-8-10-28)66-41(73)19-59-49(78)45-38(21-82-5)88-51(31)68-45/h6-12,22-26,29,31,33,46-47,76H,13-21H2,1-5H3,(H,58,72)(H,59,78)(H,61,77)(H,66,73)(H,74,75)(H,79,80)/t31?,33-,46-,47-/m0/s1. The molecule has 4 atom stereocenters. The zero-order chi connectivity index (χ0) is 62.5. The van der Waals surface area contributed by atoms with Gasteiger partial charge in [0.25, 0.3) is 11.8 Å². The van der Waals surface area contributed by atoms with Crippen LogP contribution in [0.2, 0.25) is 0 Å². The van der Waals surface area contributed by atoms with E-state index in [4.69, 9.17) is 39.6 Å². The van der Waals surface area contributed by atoms with Crippen molar-refractivity contribution in [3.8, 4) is 43.4 Å². The highest BCUT2D eigenvalue weighted by molar-refractivity contribution is 7.15. The van der Waals surface area contributed by atoms with Crippen LogP contribution < -0.4 is 26.2 Å². The Balaban J connectivity index is 1.05. The number of hydrogen-bond acceptors (Lipinski definition) is 23. The van der Waals surface area contributed by atoms with E-state index < -0.39 is 84.7 Å². The van der Waals surface area contributed by atoms with Crippen LogP contribution in [0, 0.1) is 18.8 Å². The highest BCUT2D eigenvalue weighted by Gasteiger charge is 2.35. The molecule has 9 heterocycles. The number of carbonyl (C=O) groups excluding carboxylic acids is 6. The number of rotatable bonds is 12. The molecule has 0 saturated carbocycles. The van der Waals surface area contributed by atoms with E-state index in [0.717, 1.165) is 50.2 Å². The van der Waals surface area contributed by atoms with Crippen LogP contribution >= 0.6 is 68.0 Å². The maximum atomic E-state index is 14.4. The lowest BCUT2D eigenvalue weighted by molar-refractivity contribution is -0.143. The first-order valence-electron chi connectivity index (χ1n) is 27.4. The van der Waals surface area contributed by atoms with E-state index >= 15 is 0 Å². The van der Waals surface area contributed by atoms with Crippen LogP contribution in [-0.4, -0.2) is 143 Å². The predicted octanol–water partition coefficient (Wildman–Crippen LogP) is 8.01. The monoisotopic (exact) mass is 1310 g/mol. The minimum atomic E-state index is -1.31. The number of benzene rings is 1. The number of thiazole rings is 6. The summed E-state index contributed by atoms with van der Waals surface area (Å²) in [4.78, 5) is 145. The molecule has 0 radical (unpaired) electrons. The fourth-order valence-corrected chi connectivity index (χ4v) is 15.4. The third-order valence-electron chi connectivity index (χ3n) is 14.5. The second-order valence-electron chi connectivity index (χ2n) is 20.8. The number of ketones is 1. The van der Waals surface area contributed by atoms with Gasteiger partial charge in [0.1, 0.15) is 83.7 Å². The number of carboxylic acid groups (broad SMARTS) is 2. The van der Waals surface area contributed by atoms with Gasteiger partial charge in [-0.2, -0.15) is 0 Å². The molecule has 2 aliphatic rings. The molecular formula is C57H57N13O12S6. The van der Waals surface area contributed by atoms with Crippen LogP contribution in [0.1, 0.15) is 125 Å². The summed E-state index contributed by atoms with van der Waals surface area (Å²) in [7, 11) is 2.94. The summed E-state index contributed by atoms with van der Waals surface area (Å²) in [5.41, 5.74) is 2.36. The topological polar surface area (TPSA) is 351 Å². The Morgan fingerprint density at radius 3 is 2.16 bits per heavy atom. The fourth-order valence-electron chi connectivity index (χ4n) is 9.82. The van der Waals surface area contributed by atoms with Crippen LogP contribution in [0.25, 0.3) is 43.4 Å². The van der Waals surface area contributed by atoms with Gasteiger partial charge in [-0.25, -0.2) is 39.7 Å². The SMILES string of the molecule is CNC(=O)C[C@@H]1NC(=O)c2csc(n2)-c2ccc(-c3nc(N(CC(=O)O)C(=O)N4CCC(C(=O)O)CC4)cs3)nc2-c2csc(n2)-c2csc(n2)[C@H]([C@@H](O)c2ccccc2)NC(=O)CNC(=O)c2nc(sc2COC)C(C(C)C)CC(=O)c2nc1sc2C. The highest BCUT2D eigenvalue weighted by Crippen LogP contribution is 2.41. The largest absolute Gasteiger partial charge is 0.481 e. The van der Waals surface area contributed by atoms with Crippen LogP contribution in [0.5, 0.6) is 0 Å². The second kappa shape index (κ2) is 27.5. The molecule has 6 amide bonds. The van der Waals surface area contributed by atoms with Crippen molar-refractivity contribution in [1.29, 1.82) is 0 Å². The normalized spacial score (nSPS) is 17.4. The molecule has 0 aliphatic carbocycles. The van der Waals surface area contributed by atoms with Crippen molar-refractivity contribution in [2.45, 2.75) is 77.2 Å². The number of anilines is 1. The fraction of sp³-hybridized carbons (Fsp3) is 0.351. The molecule has 0 spiro atoms. The molecule has 25 nitrogen and oxygen atoms in total. The molecule has 88 heavy (non-hydrogen) atoms. The Hall–Kier alpha value is -8.17. The number of carbonyl (C=O) groups is 8. The van der Waals surface area contributed by atoms with E-state index in [1.54, 1.807) is 65.5 Å². The molecular weight excluding hydrogens is 1250 g/mol.